The highest BCUT2D eigenvalue weighted by Gasteiger charge is 2.02. The van der Waals surface area contributed by atoms with Gasteiger partial charge in [0.2, 0.25) is 11.9 Å². The van der Waals surface area contributed by atoms with Gasteiger partial charge in [-0.15, -0.1) is 0 Å². The number of nitrogens with zero attached hydrogens (tertiary/aromatic N) is 3. The molecule has 0 fully saturated rings. The van der Waals surface area contributed by atoms with Crippen molar-refractivity contribution in [1.82, 2.24) is 15.0 Å². The minimum absolute atomic E-state index is 0.167. The maximum atomic E-state index is 5.48. The number of methoxy groups -OCH3 is 1. The van der Waals surface area contributed by atoms with Crippen LogP contribution in [0.2, 0.25) is 0 Å². The van der Waals surface area contributed by atoms with Gasteiger partial charge in [-0.3, -0.25) is 0 Å². The number of hydrogen-bond acceptors (Lipinski definition) is 6. The molecule has 0 saturated carbocycles. The number of anilines is 2. The van der Waals surface area contributed by atoms with E-state index in [-0.39, 0.29) is 12.0 Å². The molecule has 0 bridgehead atoms. The van der Waals surface area contributed by atoms with Crippen LogP contribution in [0.25, 0.3) is 0 Å². The fourth-order valence-corrected chi connectivity index (χ4v) is 1.12. The predicted octanol–water partition coefficient (Wildman–Crippen LogP) is 1.06. The van der Waals surface area contributed by atoms with E-state index in [0.29, 0.717) is 5.95 Å². The Hall–Kier alpha value is -1.59. The first-order chi connectivity index (χ1) is 7.26. The second-order valence-electron chi connectivity index (χ2n) is 3.14. The molecule has 1 aromatic heterocycles. The highest BCUT2D eigenvalue weighted by atomic mass is 16.5. The predicted molar refractivity (Wildman–Crippen MR) is 58.8 cm³/mol. The van der Waals surface area contributed by atoms with E-state index in [1.54, 1.807) is 0 Å². The molecule has 84 valence electrons. The minimum atomic E-state index is 0.167. The van der Waals surface area contributed by atoms with Gasteiger partial charge in [0.25, 0.3) is 0 Å². The molecule has 0 radical (unpaired) electrons. The van der Waals surface area contributed by atoms with Crippen LogP contribution in [0, 0.1) is 0 Å². The van der Waals surface area contributed by atoms with Gasteiger partial charge >= 0.3 is 6.01 Å². The van der Waals surface area contributed by atoms with E-state index in [1.807, 2.05) is 0 Å². The van der Waals surface area contributed by atoms with Crippen LogP contribution in [0.3, 0.4) is 0 Å². The molecule has 0 aromatic carbocycles. The minimum Gasteiger partial charge on any atom is -0.467 e. The van der Waals surface area contributed by atoms with E-state index in [4.69, 9.17) is 10.5 Å². The highest BCUT2D eigenvalue weighted by molar-refractivity contribution is 5.32. The maximum Gasteiger partial charge on any atom is 0.322 e. The Morgan fingerprint density at radius 1 is 1.27 bits per heavy atom. The molecule has 0 aliphatic rings. The molecule has 0 aliphatic heterocycles. The number of rotatable bonds is 6. The number of ether oxygens (including phenoxy) is 1. The Balaban J connectivity index is 2.49. The van der Waals surface area contributed by atoms with E-state index in [0.717, 1.165) is 13.0 Å². The molecule has 1 rings (SSSR count). The number of nitrogens with two attached hydrogens (primary N) is 1. The van der Waals surface area contributed by atoms with Gasteiger partial charge in [0.15, 0.2) is 0 Å². The summed E-state index contributed by atoms with van der Waals surface area (Å²) >= 11 is 0. The fraction of sp³-hybridized carbons (Fsp3) is 0.667. The van der Waals surface area contributed by atoms with Crippen molar-refractivity contribution in [2.24, 2.45) is 0 Å². The van der Waals surface area contributed by atoms with Crippen molar-refractivity contribution >= 4 is 11.9 Å². The van der Waals surface area contributed by atoms with E-state index in [1.165, 1.54) is 20.0 Å². The van der Waals surface area contributed by atoms with Crippen LogP contribution in [0.5, 0.6) is 6.01 Å². The van der Waals surface area contributed by atoms with Crippen molar-refractivity contribution in [3.8, 4) is 6.01 Å². The van der Waals surface area contributed by atoms with Crippen LogP contribution < -0.4 is 15.8 Å². The maximum absolute atomic E-state index is 5.48. The molecule has 0 unspecified atom stereocenters. The third kappa shape index (κ3) is 3.97. The monoisotopic (exact) mass is 211 g/mol. The SMILES string of the molecule is CCCCCNc1nc(N)nc(OC)n1. The number of nitrogen functional groups attached to an aromatic ring is 1. The molecule has 1 heterocycles. The Kier molecular flexibility index (Phi) is 4.59. The first kappa shape index (κ1) is 11.5. The van der Waals surface area contributed by atoms with Gasteiger partial charge in [0.05, 0.1) is 7.11 Å². The molecule has 0 spiro atoms. The second kappa shape index (κ2) is 6.00. The molecule has 6 nitrogen and oxygen atoms in total. The molecule has 3 N–H and O–H groups in total. The van der Waals surface area contributed by atoms with Gasteiger partial charge in [-0.2, -0.15) is 15.0 Å². The Bertz CT molecular complexity index is 305. The summed E-state index contributed by atoms with van der Waals surface area (Å²) in [4.78, 5) is 11.7. The zero-order chi connectivity index (χ0) is 11.1. The van der Waals surface area contributed by atoms with Crippen LogP contribution in [0.15, 0.2) is 0 Å². The molecular weight excluding hydrogens is 194 g/mol. The number of nitrogens with one attached hydrogen (secondary N) is 1. The van der Waals surface area contributed by atoms with Crippen molar-refractivity contribution in [2.45, 2.75) is 26.2 Å². The van der Waals surface area contributed by atoms with E-state index < -0.39 is 0 Å². The lowest BCUT2D eigenvalue weighted by atomic mass is 10.2. The molecule has 0 amide bonds. The van der Waals surface area contributed by atoms with Crippen LogP contribution in [-0.4, -0.2) is 28.6 Å². The van der Waals surface area contributed by atoms with Crippen molar-refractivity contribution in [3.63, 3.8) is 0 Å². The van der Waals surface area contributed by atoms with Crippen molar-refractivity contribution in [2.75, 3.05) is 24.7 Å². The van der Waals surface area contributed by atoms with Gasteiger partial charge in [-0.05, 0) is 6.42 Å². The molecular formula is C9H17N5O. The third-order valence-corrected chi connectivity index (χ3v) is 1.88. The summed E-state index contributed by atoms with van der Waals surface area (Å²) in [6, 6.07) is 0.237. The van der Waals surface area contributed by atoms with Gasteiger partial charge < -0.3 is 15.8 Å². The lowest BCUT2D eigenvalue weighted by Crippen LogP contribution is -2.09. The molecule has 1 aromatic rings. The summed E-state index contributed by atoms with van der Waals surface area (Å²) in [5.41, 5.74) is 5.48. The van der Waals surface area contributed by atoms with Gasteiger partial charge in [0, 0.05) is 6.54 Å². The van der Waals surface area contributed by atoms with Gasteiger partial charge in [-0.25, -0.2) is 0 Å². The van der Waals surface area contributed by atoms with E-state index in [9.17, 15) is 0 Å². The second-order valence-corrected chi connectivity index (χ2v) is 3.14. The molecule has 0 atom stereocenters. The Labute approximate surface area is 89.3 Å². The first-order valence-electron chi connectivity index (χ1n) is 5.05. The summed E-state index contributed by atoms with van der Waals surface area (Å²) in [7, 11) is 1.50. The molecule has 0 aliphatic carbocycles. The summed E-state index contributed by atoms with van der Waals surface area (Å²) in [6.45, 7) is 2.99. The molecule has 15 heavy (non-hydrogen) atoms. The Morgan fingerprint density at radius 2 is 2.07 bits per heavy atom. The van der Waals surface area contributed by atoms with Crippen LogP contribution in [-0.2, 0) is 0 Å². The zero-order valence-corrected chi connectivity index (χ0v) is 9.16. The van der Waals surface area contributed by atoms with E-state index >= 15 is 0 Å². The third-order valence-electron chi connectivity index (χ3n) is 1.88. The summed E-state index contributed by atoms with van der Waals surface area (Å²) < 4.78 is 4.88. The number of aromatic nitrogens is 3. The zero-order valence-electron chi connectivity index (χ0n) is 9.16. The van der Waals surface area contributed by atoms with Crippen molar-refractivity contribution in [3.05, 3.63) is 0 Å². The van der Waals surface area contributed by atoms with E-state index in [2.05, 4.69) is 27.2 Å². The van der Waals surface area contributed by atoms with Crippen molar-refractivity contribution in [1.29, 1.82) is 0 Å². The fourth-order valence-electron chi connectivity index (χ4n) is 1.12. The van der Waals surface area contributed by atoms with Crippen LogP contribution >= 0.6 is 0 Å². The van der Waals surface area contributed by atoms with Gasteiger partial charge in [0.1, 0.15) is 0 Å². The normalized spacial score (nSPS) is 10.0. The Morgan fingerprint density at radius 3 is 2.73 bits per heavy atom. The number of hydrogen-bond donors (Lipinski definition) is 2. The lowest BCUT2D eigenvalue weighted by molar-refractivity contribution is 0.379. The van der Waals surface area contributed by atoms with Crippen molar-refractivity contribution < 1.29 is 4.74 Å². The number of unbranched alkanes of at least 4 members (excludes halogenated alkanes) is 2. The summed E-state index contributed by atoms with van der Waals surface area (Å²) in [5, 5.41) is 3.07. The quantitative estimate of drug-likeness (QED) is 0.684. The average molecular weight is 211 g/mol. The first-order valence-corrected chi connectivity index (χ1v) is 5.05. The standard InChI is InChI=1S/C9H17N5O/c1-3-4-5-6-11-8-12-7(10)13-9(14-8)15-2/h3-6H2,1-2H3,(H3,10,11,12,13,14). The van der Waals surface area contributed by atoms with Gasteiger partial charge in [-0.1, -0.05) is 19.8 Å². The molecule has 6 heteroatoms. The highest BCUT2D eigenvalue weighted by Crippen LogP contribution is 2.08. The summed E-state index contributed by atoms with van der Waals surface area (Å²) in [6.07, 6.45) is 3.46. The van der Waals surface area contributed by atoms with Crippen LogP contribution in [0.4, 0.5) is 11.9 Å². The summed E-state index contributed by atoms with van der Waals surface area (Å²) in [5.74, 6) is 0.635. The lowest BCUT2D eigenvalue weighted by Gasteiger charge is -2.05. The van der Waals surface area contributed by atoms with Crippen LogP contribution in [0.1, 0.15) is 26.2 Å². The largest absolute Gasteiger partial charge is 0.467 e. The molecule has 0 saturated heterocycles. The average Bonchev–Trinajstić information content (AvgIpc) is 2.23. The smallest absolute Gasteiger partial charge is 0.322 e. The topological polar surface area (TPSA) is 86.0 Å².